The molecule has 0 radical (unpaired) electrons. The quantitative estimate of drug-likeness (QED) is 0.770. The number of allylic oxidation sites excluding steroid dienone is 1. The molecule has 1 rings (SSSR count). The molecule has 3 nitrogen and oxygen atoms in total. The fourth-order valence-electron chi connectivity index (χ4n) is 1.41. The summed E-state index contributed by atoms with van der Waals surface area (Å²) in [5, 5.41) is -1.40. The molecule has 0 saturated heterocycles. The van der Waals surface area contributed by atoms with Crippen LogP contribution in [0.1, 0.15) is 6.42 Å². The molecule has 0 saturated carbocycles. The SMILES string of the molecule is C=CCC(C(=O)SC)S(=O)(=O)c1ccccc1. The molecule has 0 aromatic heterocycles. The Bertz CT molecular complexity index is 492. The number of benzene rings is 1. The number of rotatable bonds is 5. The lowest BCUT2D eigenvalue weighted by atomic mass is 10.3. The first-order chi connectivity index (χ1) is 8.04. The highest BCUT2D eigenvalue weighted by Gasteiger charge is 2.32. The molecule has 0 N–H and O–H groups in total. The van der Waals surface area contributed by atoms with E-state index in [0.717, 1.165) is 11.8 Å². The summed E-state index contributed by atoms with van der Waals surface area (Å²) >= 11 is 0.929. The molecule has 0 amide bonds. The summed E-state index contributed by atoms with van der Waals surface area (Å²) in [6.45, 7) is 3.50. The minimum atomic E-state index is -3.62. The zero-order valence-corrected chi connectivity index (χ0v) is 11.1. The number of hydrogen-bond donors (Lipinski definition) is 0. The number of carbonyl (C=O) groups is 1. The summed E-state index contributed by atoms with van der Waals surface area (Å²) in [6.07, 6.45) is 3.18. The third kappa shape index (κ3) is 3.20. The second-order valence-electron chi connectivity index (χ2n) is 3.39. The Labute approximate surface area is 106 Å². The van der Waals surface area contributed by atoms with Crippen molar-refractivity contribution in [3.63, 3.8) is 0 Å². The van der Waals surface area contributed by atoms with Crippen LogP contribution in [0.25, 0.3) is 0 Å². The maximum atomic E-state index is 12.2. The van der Waals surface area contributed by atoms with Crippen LogP contribution in [-0.2, 0) is 14.6 Å². The smallest absolute Gasteiger partial charge is 0.207 e. The molecule has 5 heteroatoms. The van der Waals surface area contributed by atoms with Crippen LogP contribution in [0.2, 0.25) is 0 Å². The Hall–Kier alpha value is -1.07. The zero-order chi connectivity index (χ0) is 12.9. The van der Waals surface area contributed by atoms with E-state index in [1.165, 1.54) is 18.2 Å². The summed E-state index contributed by atoms with van der Waals surface area (Å²) in [4.78, 5) is 11.8. The lowest BCUT2D eigenvalue weighted by Gasteiger charge is -2.13. The van der Waals surface area contributed by atoms with Crippen molar-refractivity contribution in [2.75, 3.05) is 6.26 Å². The number of hydrogen-bond acceptors (Lipinski definition) is 4. The van der Waals surface area contributed by atoms with E-state index in [9.17, 15) is 13.2 Å². The molecular weight excluding hydrogens is 256 g/mol. The molecule has 1 atom stereocenters. The topological polar surface area (TPSA) is 51.2 Å². The molecule has 0 bridgehead atoms. The van der Waals surface area contributed by atoms with Gasteiger partial charge in [-0.25, -0.2) is 8.42 Å². The Morgan fingerprint density at radius 1 is 1.41 bits per heavy atom. The predicted octanol–water partition coefficient (Wildman–Crippen LogP) is 2.29. The number of carbonyl (C=O) groups excluding carboxylic acids is 1. The molecule has 0 spiro atoms. The predicted molar refractivity (Wildman–Crippen MR) is 70.8 cm³/mol. The van der Waals surface area contributed by atoms with Crippen molar-refractivity contribution in [1.82, 2.24) is 0 Å². The standard InChI is InChI=1S/C12H14O3S2/c1-3-7-11(12(13)16-2)17(14,15)10-8-5-4-6-9-10/h3-6,8-9,11H,1,7H2,2H3. The third-order valence-electron chi connectivity index (χ3n) is 2.29. The van der Waals surface area contributed by atoms with Crippen molar-refractivity contribution in [1.29, 1.82) is 0 Å². The van der Waals surface area contributed by atoms with Crippen LogP contribution >= 0.6 is 11.8 Å². The van der Waals surface area contributed by atoms with Gasteiger partial charge in [0, 0.05) is 0 Å². The second-order valence-corrected chi connectivity index (χ2v) is 6.34. The van der Waals surface area contributed by atoms with Crippen molar-refractivity contribution in [3.05, 3.63) is 43.0 Å². The molecule has 0 aliphatic heterocycles. The summed E-state index contributed by atoms with van der Waals surface area (Å²) in [7, 11) is -3.62. The Morgan fingerprint density at radius 2 is 2.00 bits per heavy atom. The van der Waals surface area contributed by atoms with Crippen molar-refractivity contribution >= 4 is 26.7 Å². The number of thioether (sulfide) groups is 1. The molecule has 1 aromatic rings. The van der Waals surface area contributed by atoms with Gasteiger partial charge < -0.3 is 0 Å². The van der Waals surface area contributed by atoms with E-state index in [2.05, 4.69) is 6.58 Å². The third-order valence-corrected chi connectivity index (χ3v) is 5.21. The fraction of sp³-hybridized carbons (Fsp3) is 0.250. The maximum absolute atomic E-state index is 12.2. The van der Waals surface area contributed by atoms with Crippen molar-refractivity contribution in [2.24, 2.45) is 0 Å². The van der Waals surface area contributed by atoms with Gasteiger partial charge in [-0.15, -0.1) is 6.58 Å². The summed E-state index contributed by atoms with van der Waals surface area (Å²) in [6, 6.07) is 8.01. The van der Waals surface area contributed by atoms with E-state index in [-0.39, 0.29) is 16.4 Å². The molecule has 0 fully saturated rings. The molecule has 1 aromatic carbocycles. The Morgan fingerprint density at radius 3 is 2.47 bits per heavy atom. The lowest BCUT2D eigenvalue weighted by Crippen LogP contribution is -2.28. The highest BCUT2D eigenvalue weighted by Crippen LogP contribution is 2.22. The molecule has 0 aliphatic rings. The second kappa shape index (κ2) is 6.02. The largest absolute Gasteiger partial charge is 0.286 e. The normalized spacial score (nSPS) is 13.0. The van der Waals surface area contributed by atoms with E-state index in [1.54, 1.807) is 24.5 Å². The molecule has 0 heterocycles. The van der Waals surface area contributed by atoms with E-state index >= 15 is 0 Å². The van der Waals surface area contributed by atoms with Gasteiger partial charge in [0.1, 0.15) is 5.25 Å². The van der Waals surface area contributed by atoms with Crippen molar-refractivity contribution < 1.29 is 13.2 Å². The van der Waals surface area contributed by atoms with Crippen LogP contribution in [0, 0.1) is 0 Å². The molecule has 0 aliphatic carbocycles. The molecule has 17 heavy (non-hydrogen) atoms. The van der Waals surface area contributed by atoms with Gasteiger partial charge in [-0.1, -0.05) is 36.0 Å². The summed E-state index contributed by atoms with van der Waals surface area (Å²) in [5.41, 5.74) is 0. The first kappa shape index (κ1) is 14.0. The van der Waals surface area contributed by atoms with E-state index < -0.39 is 15.1 Å². The molecule has 92 valence electrons. The van der Waals surface area contributed by atoms with Crippen LogP contribution in [0.15, 0.2) is 47.9 Å². The number of sulfone groups is 1. The minimum absolute atomic E-state index is 0.136. The van der Waals surface area contributed by atoms with Crippen LogP contribution < -0.4 is 0 Å². The molecular formula is C12H14O3S2. The first-order valence-corrected chi connectivity index (χ1v) is 7.78. The highest BCUT2D eigenvalue weighted by atomic mass is 32.2. The van der Waals surface area contributed by atoms with Crippen molar-refractivity contribution in [2.45, 2.75) is 16.6 Å². The Kier molecular flexibility index (Phi) is 4.96. The van der Waals surface area contributed by atoms with Gasteiger partial charge in [-0.2, -0.15) is 0 Å². The van der Waals surface area contributed by atoms with Crippen LogP contribution in [-0.4, -0.2) is 25.0 Å². The first-order valence-electron chi connectivity index (χ1n) is 5.01. The van der Waals surface area contributed by atoms with Crippen LogP contribution in [0.3, 0.4) is 0 Å². The lowest BCUT2D eigenvalue weighted by molar-refractivity contribution is -0.110. The fourth-order valence-corrected chi connectivity index (χ4v) is 3.94. The van der Waals surface area contributed by atoms with Gasteiger partial charge in [0.2, 0.25) is 5.12 Å². The van der Waals surface area contributed by atoms with Crippen molar-refractivity contribution in [3.8, 4) is 0 Å². The van der Waals surface area contributed by atoms with Gasteiger partial charge in [0.25, 0.3) is 0 Å². The van der Waals surface area contributed by atoms with E-state index in [4.69, 9.17) is 0 Å². The summed E-state index contributed by atoms with van der Waals surface area (Å²) < 4.78 is 24.5. The van der Waals surface area contributed by atoms with Crippen LogP contribution in [0.4, 0.5) is 0 Å². The van der Waals surface area contributed by atoms with Gasteiger partial charge >= 0.3 is 0 Å². The monoisotopic (exact) mass is 270 g/mol. The van der Waals surface area contributed by atoms with Gasteiger partial charge in [-0.05, 0) is 24.8 Å². The van der Waals surface area contributed by atoms with Gasteiger partial charge in [-0.3, -0.25) is 4.79 Å². The van der Waals surface area contributed by atoms with E-state index in [0.29, 0.717) is 0 Å². The molecule has 1 unspecified atom stereocenters. The minimum Gasteiger partial charge on any atom is -0.286 e. The highest BCUT2D eigenvalue weighted by molar-refractivity contribution is 8.14. The average Bonchev–Trinajstić information content (AvgIpc) is 2.36. The maximum Gasteiger partial charge on any atom is 0.207 e. The summed E-state index contributed by atoms with van der Waals surface area (Å²) in [5.74, 6) is 0. The van der Waals surface area contributed by atoms with E-state index in [1.807, 2.05) is 0 Å². The van der Waals surface area contributed by atoms with Gasteiger partial charge in [0.05, 0.1) is 4.90 Å². The zero-order valence-electron chi connectivity index (χ0n) is 9.50. The van der Waals surface area contributed by atoms with Crippen LogP contribution in [0.5, 0.6) is 0 Å². The Balaban J connectivity index is 3.18. The van der Waals surface area contributed by atoms with Gasteiger partial charge in [0.15, 0.2) is 9.84 Å². The average molecular weight is 270 g/mol.